The minimum atomic E-state index is -0.564. The molecule has 0 radical (unpaired) electrons. The molecule has 0 unspecified atom stereocenters. The van der Waals surface area contributed by atoms with Gasteiger partial charge in [-0.1, -0.05) is 69.3 Å². The number of hydrogen-bond acceptors (Lipinski definition) is 16. The second-order valence-corrected chi connectivity index (χ2v) is 30.7. The van der Waals surface area contributed by atoms with Crippen LogP contribution in [0.15, 0.2) is 134 Å². The van der Waals surface area contributed by atoms with Gasteiger partial charge in [-0.05, 0) is 221 Å². The van der Waals surface area contributed by atoms with E-state index in [1.807, 2.05) is 169 Å². The number of carbonyl (C=O) groups is 3. The Kier molecular flexibility index (Phi) is 30.5. The summed E-state index contributed by atoms with van der Waals surface area (Å²) in [5.41, 5.74) is 13.7. The molecule has 6 atom stereocenters. The van der Waals surface area contributed by atoms with E-state index in [0.29, 0.717) is 45.2 Å². The molecule has 104 heavy (non-hydrogen) atoms. The Hall–Kier alpha value is -7.81. The van der Waals surface area contributed by atoms with E-state index >= 15 is 0 Å². The summed E-state index contributed by atoms with van der Waals surface area (Å²) < 4.78 is 22.8. The van der Waals surface area contributed by atoms with Crippen LogP contribution in [0, 0.1) is 0 Å². The maximum atomic E-state index is 13.5. The van der Waals surface area contributed by atoms with Gasteiger partial charge >= 0.3 is 18.3 Å². The van der Waals surface area contributed by atoms with Gasteiger partial charge < -0.3 is 35.2 Å². The fourth-order valence-electron chi connectivity index (χ4n) is 15.0. The van der Waals surface area contributed by atoms with Crippen molar-refractivity contribution < 1.29 is 64.7 Å². The summed E-state index contributed by atoms with van der Waals surface area (Å²) in [7, 11) is 1.69. The smallest absolute Gasteiger partial charge is 0.410 e. The molecule has 6 aromatic heterocycles. The van der Waals surface area contributed by atoms with Crippen LogP contribution >= 0.6 is 0 Å². The van der Waals surface area contributed by atoms with Gasteiger partial charge in [-0.3, -0.25) is 54.4 Å². The topological polar surface area (TPSA) is 257 Å². The number of nitrogens with zero attached hydrogens (tertiary/aromatic N) is 11. The van der Waals surface area contributed by atoms with Gasteiger partial charge in [-0.25, -0.2) is 14.4 Å². The first-order chi connectivity index (χ1) is 48.1. The first-order valence-electron chi connectivity index (χ1n) is 36.5. The molecule has 13 rings (SSSR count). The molecule has 566 valence electrons. The van der Waals surface area contributed by atoms with E-state index in [4.69, 9.17) is 28.9 Å². The zero-order chi connectivity index (χ0) is 70.6. The molecule has 22 heteroatoms. The van der Waals surface area contributed by atoms with Crippen molar-refractivity contribution in [2.24, 2.45) is 0 Å². The Morgan fingerprint density at radius 1 is 0.490 bits per heavy atom. The second kappa shape index (κ2) is 37.9. The molecule has 21 nitrogen and oxygen atoms in total. The SMILES string of the molecule is C.CC(C)(C)OC(=O)N1Cc2cccnc2C[C@H]1CN[C@H]1CCCc2cccnc21.CCCCN(C[C@@H]1Cc2ncccc2CN1C(=O)OC(C)(C)C)[C@H]1CCCc2cccnc21.COc1ccc(CN(C[C@@H]2Cc3ncccc3CN2C(=O)OC(C)(C)C)[C@H]2CCCc3cccnc32)cc1.O.O.[Pd]. The summed E-state index contributed by atoms with van der Waals surface area (Å²) >= 11 is 0. The predicted molar refractivity (Wildman–Crippen MR) is 402 cm³/mol. The first-order valence-corrected chi connectivity index (χ1v) is 36.5. The summed E-state index contributed by atoms with van der Waals surface area (Å²) in [5, 5.41) is 3.69. The average molecular weight is 1520 g/mol. The third kappa shape index (κ3) is 22.1. The van der Waals surface area contributed by atoms with E-state index in [2.05, 4.69) is 84.4 Å². The Morgan fingerprint density at radius 3 is 1.28 bits per heavy atom. The summed E-state index contributed by atoms with van der Waals surface area (Å²) in [5.74, 6) is 0.844. The fraction of sp³-hybridized carbons (Fsp3) is 0.524. The molecular formula is C82H114N12O9Pd. The number of amides is 3. The summed E-state index contributed by atoms with van der Waals surface area (Å²) in [6.45, 7) is 25.0. The van der Waals surface area contributed by atoms with Crippen LogP contribution in [0.25, 0.3) is 0 Å². The Labute approximate surface area is 631 Å². The quantitative estimate of drug-likeness (QED) is 0.0739. The van der Waals surface area contributed by atoms with Crippen LogP contribution in [0.2, 0.25) is 0 Å². The van der Waals surface area contributed by atoms with Gasteiger partial charge in [0.2, 0.25) is 0 Å². The van der Waals surface area contributed by atoms with Gasteiger partial charge in [0.1, 0.15) is 22.6 Å². The van der Waals surface area contributed by atoms with Crippen molar-refractivity contribution >= 4 is 18.3 Å². The molecule has 0 fully saturated rings. The Morgan fingerprint density at radius 2 is 0.856 bits per heavy atom. The molecule has 5 N–H and O–H groups in total. The third-order valence-electron chi connectivity index (χ3n) is 19.7. The summed E-state index contributed by atoms with van der Waals surface area (Å²) in [6.07, 6.45) is 24.8. The summed E-state index contributed by atoms with van der Waals surface area (Å²) in [4.78, 5) is 78.5. The molecule has 9 heterocycles. The van der Waals surface area contributed by atoms with Crippen molar-refractivity contribution in [2.75, 3.05) is 33.3 Å². The monoisotopic (exact) mass is 1520 g/mol. The van der Waals surface area contributed by atoms with E-state index < -0.39 is 16.8 Å². The maximum absolute atomic E-state index is 13.5. The third-order valence-corrected chi connectivity index (χ3v) is 19.7. The number of carbonyl (C=O) groups excluding carboxylic acids is 3. The Balaban J connectivity index is 0.000000216. The van der Waals surface area contributed by atoms with Crippen molar-refractivity contribution in [1.82, 2.24) is 59.7 Å². The van der Waals surface area contributed by atoms with Crippen molar-refractivity contribution in [1.29, 1.82) is 0 Å². The minimum Gasteiger partial charge on any atom is -0.497 e. The molecule has 0 spiro atoms. The number of pyridine rings is 6. The number of methoxy groups -OCH3 is 1. The number of nitrogens with one attached hydrogen (secondary N) is 1. The minimum absolute atomic E-state index is 0. The van der Waals surface area contributed by atoms with Crippen LogP contribution < -0.4 is 10.1 Å². The molecular weight excluding hydrogens is 1400 g/mol. The molecule has 0 bridgehead atoms. The molecule has 3 amide bonds. The normalized spacial score (nSPS) is 19.3. The largest absolute Gasteiger partial charge is 0.497 e. The standard InChI is InChI=1S/C31H38N4O3.C27H38N4O2.C23H30N4O2.CH4.2H2O.Pd/c1-31(2,3)38-30(36)35-20-24-10-7-16-32-27(24)18-25(35)21-34(19-22-12-14-26(37-4)15-13-22)28-11-5-8-23-9-6-17-33-29(23)28;1-5-6-16-30(24-13-7-10-20-11-8-15-29-25(20)24)19-22-17-23-21(12-9-14-28-23)18-31(22)26(32)33-27(2,3)4;1-23(2,3)29-22(28)27-15-17-9-6-11-24-20(17)13-18(27)14-26-19-10-4-7-16-8-5-12-25-21(16)19;;;;/h6-7,9-10,12-17,25,28H,5,8,11,18-21H2,1-4H3;8-9,11-12,14-15,22,24H,5-7,10,13,16-19H2,1-4H3;5-6,8-9,11-12,18-19,26H,4,7,10,13-15H2,1-3H3;1H4;2*1H2;/t25-,28-;22-,24-;18-,19-;;;;/m000..../s1. The average Bonchev–Trinajstić information content (AvgIpc) is 0.790. The van der Waals surface area contributed by atoms with E-state index in [-0.39, 0.29) is 87.3 Å². The van der Waals surface area contributed by atoms with Crippen LogP contribution in [0.1, 0.15) is 219 Å². The number of aryl methyl sites for hydroxylation is 3. The maximum Gasteiger partial charge on any atom is 0.410 e. The number of hydrogen-bond donors (Lipinski definition) is 1. The van der Waals surface area contributed by atoms with Crippen LogP contribution in [0.5, 0.6) is 5.75 Å². The predicted octanol–water partition coefficient (Wildman–Crippen LogP) is 13.8. The van der Waals surface area contributed by atoms with Gasteiger partial charge in [0, 0.05) is 126 Å². The number of ether oxygens (including phenoxy) is 4. The molecule has 3 aliphatic heterocycles. The van der Waals surface area contributed by atoms with Crippen LogP contribution in [-0.2, 0) is 99.3 Å². The molecule has 0 saturated carbocycles. The van der Waals surface area contributed by atoms with E-state index in [9.17, 15) is 14.4 Å². The fourth-order valence-corrected chi connectivity index (χ4v) is 15.0. The van der Waals surface area contributed by atoms with E-state index in [1.165, 1.54) is 34.4 Å². The van der Waals surface area contributed by atoms with Gasteiger partial charge in [-0.15, -0.1) is 0 Å². The zero-order valence-corrected chi connectivity index (χ0v) is 63.9. The molecule has 1 aromatic carbocycles. The van der Waals surface area contributed by atoms with Gasteiger partial charge in [0.15, 0.2) is 0 Å². The number of unbranched alkanes of at least 4 members (excludes halogenated alkanes) is 1. The summed E-state index contributed by atoms with van der Waals surface area (Å²) in [6, 6.07) is 33.6. The van der Waals surface area contributed by atoms with E-state index in [1.54, 1.807) is 7.11 Å². The van der Waals surface area contributed by atoms with E-state index in [0.717, 1.165) is 148 Å². The second-order valence-electron chi connectivity index (χ2n) is 30.7. The van der Waals surface area contributed by atoms with Crippen molar-refractivity contribution in [2.45, 2.75) is 246 Å². The molecule has 7 aromatic rings. The van der Waals surface area contributed by atoms with Crippen LogP contribution in [-0.4, -0.2) is 152 Å². The molecule has 6 aliphatic rings. The van der Waals surface area contributed by atoms with Gasteiger partial charge in [0.05, 0.1) is 74.0 Å². The number of fused-ring (bicyclic) bond motifs is 6. The Bertz CT molecular complexity index is 3880. The molecule has 3 aliphatic carbocycles. The van der Waals surface area contributed by atoms with Crippen LogP contribution in [0.3, 0.4) is 0 Å². The van der Waals surface area contributed by atoms with Crippen LogP contribution in [0.4, 0.5) is 14.4 Å². The van der Waals surface area contributed by atoms with Crippen molar-refractivity contribution in [3.63, 3.8) is 0 Å². The number of benzene rings is 1. The first kappa shape index (κ1) is 83.5. The van der Waals surface area contributed by atoms with Gasteiger partial charge in [-0.2, -0.15) is 0 Å². The zero-order valence-electron chi connectivity index (χ0n) is 62.3. The molecule has 0 saturated heterocycles. The van der Waals surface area contributed by atoms with Gasteiger partial charge in [0.25, 0.3) is 0 Å². The van der Waals surface area contributed by atoms with Crippen molar-refractivity contribution in [3.8, 4) is 5.75 Å². The van der Waals surface area contributed by atoms with Crippen molar-refractivity contribution in [3.05, 3.63) is 207 Å². The number of rotatable bonds is 15. The number of aromatic nitrogens is 6.